The van der Waals surface area contributed by atoms with Crippen molar-refractivity contribution in [1.29, 1.82) is 0 Å². The van der Waals surface area contributed by atoms with Gasteiger partial charge in [0, 0.05) is 27.5 Å². The molecule has 10 bridgehead atoms. The number of fused-ring (bicyclic) bond motifs is 13. The van der Waals surface area contributed by atoms with Crippen molar-refractivity contribution < 1.29 is 71.8 Å². The number of aliphatic carboxylic acids is 1. The van der Waals surface area contributed by atoms with Gasteiger partial charge in [-0.25, -0.2) is 34.7 Å². The summed E-state index contributed by atoms with van der Waals surface area (Å²) in [5, 5.41) is 48.2. The minimum absolute atomic E-state index is 0.0253. The Labute approximate surface area is 506 Å². The number of carbonyl (C=O) groups excluding carboxylic acids is 10. The Morgan fingerprint density at radius 3 is 1.94 bits per heavy atom. The van der Waals surface area contributed by atoms with Gasteiger partial charge in [-0.05, 0) is 32.2 Å². The number of aromatic nitrogens is 6. The molecule has 0 saturated heterocycles. The average Bonchev–Trinajstić information content (AvgIpc) is 2.00. The van der Waals surface area contributed by atoms with E-state index >= 15 is 0 Å². The van der Waals surface area contributed by atoms with E-state index in [1.807, 2.05) is 10.6 Å². The van der Waals surface area contributed by atoms with Gasteiger partial charge >= 0.3 is 5.97 Å². The van der Waals surface area contributed by atoms with Crippen molar-refractivity contribution in [1.82, 2.24) is 83.1 Å². The van der Waals surface area contributed by atoms with E-state index in [9.17, 15) is 57.8 Å². The summed E-state index contributed by atoms with van der Waals surface area (Å²) >= 11 is 4.29. The third kappa shape index (κ3) is 16.0. The first-order valence-corrected chi connectivity index (χ1v) is 28.7. The normalized spacial score (nSPS) is 16.4. The third-order valence-electron chi connectivity index (χ3n) is 11.5. The molecule has 87 heavy (non-hydrogen) atoms. The second-order valence-corrected chi connectivity index (χ2v) is 21.5. The van der Waals surface area contributed by atoms with Gasteiger partial charge in [0.1, 0.15) is 79.5 Å². The van der Waals surface area contributed by atoms with Crippen molar-refractivity contribution in [2.24, 2.45) is 0 Å². The van der Waals surface area contributed by atoms with Crippen LogP contribution in [-0.4, -0.2) is 129 Å². The van der Waals surface area contributed by atoms with Crippen LogP contribution >= 0.6 is 45.8 Å². The number of pyridine rings is 1. The van der Waals surface area contributed by atoms with Crippen LogP contribution in [0.1, 0.15) is 100 Å². The molecule has 12 N–H and O–H groups in total. The number of aliphatic hydroxyl groups excluding tert-OH is 1. The second-order valence-electron chi connectivity index (χ2n) is 17.9. The van der Waals surface area contributed by atoms with Crippen LogP contribution < -0.4 is 53.2 Å². The molecule has 4 atom stereocenters. The van der Waals surface area contributed by atoms with E-state index < -0.39 is 123 Å². The number of thiazole rings is 3. The summed E-state index contributed by atoms with van der Waals surface area (Å²) in [5.41, 5.74) is -4.59. The fraction of sp³-hybridized carbons (Fsp3) is 0.173. The third-order valence-corrected chi connectivity index (χ3v) is 14.9. The van der Waals surface area contributed by atoms with Gasteiger partial charge in [0.25, 0.3) is 53.2 Å². The van der Waals surface area contributed by atoms with Crippen molar-refractivity contribution in [2.75, 3.05) is 12.0 Å². The minimum atomic E-state index is -1.60. The number of hydrogen-bond acceptors (Lipinski definition) is 24. The molecule has 1 aliphatic heterocycles. The molecule has 7 rings (SSSR count). The molecular formula is C52H48N16O15S4. The van der Waals surface area contributed by atoms with Crippen LogP contribution in [0.4, 0.5) is 0 Å². The van der Waals surface area contributed by atoms with Gasteiger partial charge in [-0.1, -0.05) is 39.5 Å². The number of rotatable bonds is 12. The lowest BCUT2D eigenvalue weighted by Crippen LogP contribution is -2.53. The second kappa shape index (κ2) is 27.8. The predicted octanol–water partition coefficient (Wildman–Crippen LogP) is 1.44. The highest BCUT2D eigenvalue weighted by Gasteiger charge is 2.32. The van der Waals surface area contributed by atoms with Gasteiger partial charge in [0.15, 0.2) is 5.69 Å². The maximum atomic E-state index is 13.9. The SMILES string of the molecule is C=C(NC(=O)C(=C)NC(=O)C(=C)NC(=O)C(=C)NC(=O)c1ccc2c(n1)-c1coc(n1)C(=C)NC(=O)C(=C)NC(=O)c1csc(n1)C(C)NC(=O)c1csc(n1)CNC(=O)c1coc(n1)C(CSC)NC(=O)C(C(C)O)NC(=O)c1csc-2n1)C(=O)O. The quantitative estimate of drug-likeness (QED) is 0.0771. The molecule has 35 heteroatoms. The van der Waals surface area contributed by atoms with Gasteiger partial charge in [0.05, 0.1) is 47.2 Å². The molecule has 0 aromatic carbocycles. The largest absolute Gasteiger partial charge is 0.477 e. The highest BCUT2D eigenvalue weighted by atomic mass is 32.2. The Morgan fingerprint density at radius 1 is 0.678 bits per heavy atom. The molecule has 10 amide bonds. The number of carbonyl (C=O) groups is 11. The van der Waals surface area contributed by atoms with Gasteiger partial charge in [-0.2, -0.15) is 11.8 Å². The topological polar surface area (TPSA) is 452 Å². The van der Waals surface area contributed by atoms with E-state index in [-0.39, 0.29) is 74.5 Å². The summed E-state index contributed by atoms with van der Waals surface area (Å²) in [4.78, 5) is 170. The van der Waals surface area contributed by atoms with Crippen molar-refractivity contribution in [2.45, 2.75) is 44.6 Å². The number of nitrogens with zero attached hydrogens (tertiary/aromatic N) is 6. The Morgan fingerprint density at radius 2 is 1.28 bits per heavy atom. The number of thioether (sulfide) groups is 1. The van der Waals surface area contributed by atoms with E-state index in [4.69, 9.17) is 13.9 Å². The Hall–Kier alpha value is -10.6. The maximum absolute atomic E-state index is 13.9. The Kier molecular flexibility index (Phi) is 20.5. The standard InChI is InChI=1S/C52H48N16O15S4/c1-19(38(70)55-20(2)41(73)60-25(7)52(80)81)54-39(71)21(3)56-43(75)28-11-10-27-37(62-28)29-13-82-48(64-29)23(5)58-40(72)22(4)57-45(77)32-17-86-50(66-32)24(6)59-44(76)31-16-85-35(61-31)12-53-42(74)30-14-83-49(65-30)34(15-84-9)63-47(79)36(26(8)69)68-46(78)33-18-87-51(27)67-33/h10-11,13-14,16-18,24,26,34,36,69H,1-5,7,12,15H2,6,8-9H3,(H,53,74)(H,54,71)(H,55,70)(H,56,75)(H,57,77)(H,58,72)(H,59,76)(H,60,73)(H,63,79)(H,68,78)(H,80,81). The molecule has 0 aliphatic carbocycles. The maximum Gasteiger partial charge on any atom is 0.351 e. The van der Waals surface area contributed by atoms with Gasteiger partial charge in [-0.15, -0.1) is 34.0 Å². The number of amides is 10. The molecule has 6 aromatic heterocycles. The van der Waals surface area contributed by atoms with E-state index in [2.05, 4.69) is 112 Å². The van der Waals surface area contributed by atoms with Gasteiger partial charge in [0.2, 0.25) is 17.7 Å². The van der Waals surface area contributed by atoms with Crippen molar-refractivity contribution in [3.8, 4) is 22.0 Å². The first-order valence-electron chi connectivity index (χ1n) is 24.6. The fourth-order valence-electron chi connectivity index (χ4n) is 7.00. The zero-order chi connectivity index (χ0) is 63.6. The molecule has 450 valence electrons. The number of carboxylic acid groups (broad SMARTS) is 1. The van der Waals surface area contributed by atoms with E-state index in [1.54, 1.807) is 13.2 Å². The fourth-order valence-corrected chi connectivity index (χ4v) is 9.91. The molecule has 6 aromatic rings. The van der Waals surface area contributed by atoms with Crippen LogP contribution in [-0.2, 0) is 35.3 Å². The smallest absolute Gasteiger partial charge is 0.351 e. The Bertz CT molecular complexity index is 3910. The molecule has 0 fully saturated rings. The molecule has 7 heterocycles. The molecule has 4 unspecified atom stereocenters. The van der Waals surface area contributed by atoms with E-state index in [1.165, 1.54) is 47.0 Å². The summed E-state index contributed by atoms with van der Waals surface area (Å²) in [5.74, 6) is -11.3. The van der Waals surface area contributed by atoms with Gasteiger partial charge < -0.3 is 72.2 Å². The molecule has 0 spiro atoms. The van der Waals surface area contributed by atoms with Crippen LogP contribution in [0.15, 0.2) is 118 Å². The van der Waals surface area contributed by atoms with Crippen LogP contribution in [0.2, 0.25) is 0 Å². The number of aliphatic hydroxyl groups is 1. The van der Waals surface area contributed by atoms with E-state index in [0.717, 1.165) is 46.5 Å². The monoisotopic (exact) mass is 1260 g/mol. The highest BCUT2D eigenvalue weighted by molar-refractivity contribution is 7.98. The van der Waals surface area contributed by atoms with Crippen molar-refractivity contribution in [3.63, 3.8) is 0 Å². The van der Waals surface area contributed by atoms with Crippen LogP contribution in [0.5, 0.6) is 0 Å². The molecule has 1 aliphatic rings. The summed E-state index contributed by atoms with van der Waals surface area (Å²) in [6, 6.07) is -0.796. The molecule has 31 nitrogen and oxygen atoms in total. The summed E-state index contributed by atoms with van der Waals surface area (Å²) in [6.45, 7) is 23.6. The van der Waals surface area contributed by atoms with Crippen molar-refractivity contribution >= 4 is 117 Å². The lowest BCUT2D eigenvalue weighted by Gasteiger charge is -2.23. The number of carboxylic acids is 1. The predicted molar refractivity (Wildman–Crippen MR) is 311 cm³/mol. The van der Waals surface area contributed by atoms with Crippen LogP contribution in [0.25, 0.3) is 27.7 Å². The Balaban J connectivity index is 1.16. The average molecular weight is 1270 g/mol. The summed E-state index contributed by atoms with van der Waals surface area (Å²) in [6.07, 6.45) is 2.35. The number of hydrogen-bond donors (Lipinski definition) is 12. The van der Waals surface area contributed by atoms with Crippen LogP contribution in [0, 0.1) is 0 Å². The van der Waals surface area contributed by atoms with Gasteiger partial charge in [-0.3, -0.25) is 47.9 Å². The summed E-state index contributed by atoms with van der Waals surface area (Å²) < 4.78 is 11.3. The zero-order valence-electron chi connectivity index (χ0n) is 45.5. The summed E-state index contributed by atoms with van der Waals surface area (Å²) in [7, 11) is 0. The molecule has 0 saturated carbocycles. The van der Waals surface area contributed by atoms with Crippen LogP contribution in [0.3, 0.4) is 0 Å². The lowest BCUT2D eigenvalue weighted by atomic mass is 10.1. The zero-order valence-corrected chi connectivity index (χ0v) is 48.8. The molecular weight excluding hydrogens is 1220 g/mol. The molecule has 0 radical (unpaired) electrons. The number of nitrogens with one attached hydrogen (secondary N) is 10. The van der Waals surface area contributed by atoms with Crippen molar-refractivity contribution in [3.05, 3.63) is 159 Å². The highest BCUT2D eigenvalue weighted by Crippen LogP contribution is 2.34. The minimum Gasteiger partial charge on any atom is -0.477 e. The lowest BCUT2D eigenvalue weighted by molar-refractivity contribution is -0.134. The first-order chi connectivity index (χ1) is 41.2. The number of oxazole rings is 2. The van der Waals surface area contributed by atoms with E-state index in [0.29, 0.717) is 10.0 Å². The first kappa shape index (κ1) is 64.0.